The molecule has 1 aromatic rings. The molecule has 1 fully saturated rings. The van der Waals surface area contributed by atoms with Gasteiger partial charge < -0.3 is 10.8 Å². The molecule has 2 unspecified atom stereocenters. The van der Waals surface area contributed by atoms with Gasteiger partial charge in [0.2, 0.25) is 0 Å². The summed E-state index contributed by atoms with van der Waals surface area (Å²) in [5.41, 5.74) is 7.58. The summed E-state index contributed by atoms with van der Waals surface area (Å²) in [5.74, 6) is 0.140. The summed E-state index contributed by atoms with van der Waals surface area (Å²) in [7, 11) is 0. The van der Waals surface area contributed by atoms with Gasteiger partial charge in [-0.05, 0) is 36.7 Å². The van der Waals surface area contributed by atoms with Gasteiger partial charge in [0.1, 0.15) is 0 Å². The highest BCUT2D eigenvalue weighted by atomic mass is 16.3. The van der Waals surface area contributed by atoms with Crippen LogP contribution in [0.25, 0.3) is 0 Å². The third kappa shape index (κ3) is 3.07. The zero-order valence-corrected chi connectivity index (χ0v) is 13.1. The quantitative estimate of drug-likeness (QED) is 0.880. The van der Waals surface area contributed by atoms with Gasteiger partial charge in [-0.3, -0.25) is 0 Å². The van der Waals surface area contributed by atoms with Crippen molar-refractivity contribution < 1.29 is 5.11 Å². The molecule has 0 aromatic heterocycles. The second-order valence-corrected chi connectivity index (χ2v) is 7.37. The molecule has 1 aliphatic carbocycles. The highest BCUT2D eigenvalue weighted by molar-refractivity contribution is 5.21. The molecule has 0 heterocycles. The zero-order chi connectivity index (χ0) is 14.8. The van der Waals surface area contributed by atoms with Gasteiger partial charge in [-0.2, -0.15) is 0 Å². The fourth-order valence-corrected chi connectivity index (χ4v) is 3.51. The van der Waals surface area contributed by atoms with Crippen molar-refractivity contribution in [2.24, 2.45) is 16.6 Å². The maximum absolute atomic E-state index is 10.9. The van der Waals surface area contributed by atoms with Gasteiger partial charge in [0.15, 0.2) is 0 Å². The molecule has 2 heteroatoms. The molecule has 2 atom stereocenters. The van der Waals surface area contributed by atoms with E-state index < -0.39 is 0 Å². The average Bonchev–Trinajstić information content (AvgIpc) is 2.47. The summed E-state index contributed by atoms with van der Waals surface area (Å²) in [5, 5.41) is 10.9. The van der Waals surface area contributed by atoms with Gasteiger partial charge in [0.05, 0.1) is 6.10 Å². The molecule has 0 aliphatic heterocycles. The molecule has 1 saturated carbocycles. The van der Waals surface area contributed by atoms with Crippen LogP contribution in [-0.2, 0) is 0 Å². The van der Waals surface area contributed by atoms with E-state index in [0.29, 0.717) is 12.0 Å². The molecule has 0 amide bonds. The molecule has 20 heavy (non-hydrogen) atoms. The molecule has 0 spiro atoms. The van der Waals surface area contributed by atoms with E-state index in [-0.39, 0.29) is 17.4 Å². The highest BCUT2D eigenvalue weighted by Crippen LogP contribution is 2.48. The van der Waals surface area contributed by atoms with E-state index in [4.69, 9.17) is 5.73 Å². The van der Waals surface area contributed by atoms with Crippen LogP contribution in [0.1, 0.15) is 57.9 Å². The van der Waals surface area contributed by atoms with Crippen molar-refractivity contribution >= 4 is 0 Å². The monoisotopic (exact) mass is 275 g/mol. The van der Waals surface area contributed by atoms with Crippen molar-refractivity contribution in [3.63, 3.8) is 0 Å². The van der Waals surface area contributed by atoms with Crippen molar-refractivity contribution in [1.29, 1.82) is 0 Å². The molecule has 0 saturated heterocycles. The predicted molar refractivity (Wildman–Crippen MR) is 84.6 cm³/mol. The topological polar surface area (TPSA) is 46.2 Å². The molecule has 112 valence electrons. The van der Waals surface area contributed by atoms with E-state index in [2.05, 4.69) is 32.9 Å². The van der Waals surface area contributed by atoms with E-state index in [9.17, 15) is 5.11 Å². The number of aliphatic hydroxyl groups is 1. The lowest BCUT2D eigenvalue weighted by Gasteiger charge is -2.47. The van der Waals surface area contributed by atoms with Crippen molar-refractivity contribution in [2.75, 3.05) is 6.54 Å². The first-order chi connectivity index (χ1) is 9.40. The van der Waals surface area contributed by atoms with Gasteiger partial charge >= 0.3 is 0 Å². The summed E-state index contributed by atoms with van der Waals surface area (Å²) < 4.78 is 0. The van der Waals surface area contributed by atoms with Gasteiger partial charge in [-0.1, -0.05) is 51.1 Å². The molecule has 2 nitrogen and oxygen atoms in total. The SMILES string of the molecule is CC(c1ccccc1)C(O)C1(CN)CCC(C)(C)CC1. The maximum atomic E-state index is 10.9. The van der Waals surface area contributed by atoms with Crippen LogP contribution in [0.5, 0.6) is 0 Å². The number of aliphatic hydroxyl groups excluding tert-OH is 1. The number of rotatable bonds is 4. The van der Waals surface area contributed by atoms with E-state index in [0.717, 1.165) is 25.7 Å². The second kappa shape index (κ2) is 5.87. The van der Waals surface area contributed by atoms with E-state index >= 15 is 0 Å². The zero-order valence-electron chi connectivity index (χ0n) is 13.1. The third-order valence-electron chi connectivity index (χ3n) is 5.43. The Hall–Kier alpha value is -0.860. The minimum absolute atomic E-state index is 0.106. The largest absolute Gasteiger partial charge is 0.392 e. The lowest BCUT2D eigenvalue weighted by Crippen LogP contribution is -2.47. The van der Waals surface area contributed by atoms with Gasteiger partial charge in [0, 0.05) is 17.9 Å². The van der Waals surface area contributed by atoms with Gasteiger partial charge in [-0.25, -0.2) is 0 Å². The Balaban J connectivity index is 2.15. The van der Waals surface area contributed by atoms with Crippen molar-refractivity contribution in [1.82, 2.24) is 0 Å². The smallest absolute Gasteiger partial charge is 0.0674 e. The first kappa shape index (κ1) is 15.5. The molecule has 0 radical (unpaired) electrons. The van der Waals surface area contributed by atoms with Crippen molar-refractivity contribution in [2.45, 2.75) is 58.5 Å². The Labute approximate surface area is 123 Å². The number of hydrogen-bond donors (Lipinski definition) is 2. The minimum atomic E-state index is -0.356. The lowest BCUT2D eigenvalue weighted by molar-refractivity contribution is -0.0337. The van der Waals surface area contributed by atoms with Crippen molar-refractivity contribution in [3.8, 4) is 0 Å². The molecule has 0 bridgehead atoms. The van der Waals surface area contributed by atoms with E-state index in [1.807, 2.05) is 18.2 Å². The predicted octanol–water partition coefficient (Wildman–Crippen LogP) is 3.70. The molecular weight excluding hydrogens is 246 g/mol. The molecule has 2 rings (SSSR count). The second-order valence-electron chi connectivity index (χ2n) is 7.37. The Morgan fingerprint density at radius 3 is 2.15 bits per heavy atom. The molecule has 3 N–H and O–H groups in total. The number of hydrogen-bond acceptors (Lipinski definition) is 2. The van der Waals surface area contributed by atoms with Gasteiger partial charge in [-0.15, -0.1) is 0 Å². The molecular formula is C18H29NO. The van der Waals surface area contributed by atoms with E-state index in [1.165, 1.54) is 5.56 Å². The summed E-state index contributed by atoms with van der Waals surface area (Å²) in [4.78, 5) is 0. The Kier molecular flexibility index (Phi) is 4.55. The Morgan fingerprint density at radius 1 is 1.10 bits per heavy atom. The Morgan fingerprint density at radius 2 is 1.65 bits per heavy atom. The fraction of sp³-hybridized carbons (Fsp3) is 0.667. The van der Waals surface area contributed by atoms with Gasteiger partial charge in [0.25, 0.3) is 0 Å². The van der Waals surface area contributed by atoms with Crippen LogP contribution in [-0.4, -0.2) is 17.8 Å². The lowest BCUT2D eigenvalue weighted by atomic mass is 9.60. The number of benzene rings is 1. The Bertz CT molecular complexity index is 416. The minimum Gasteiger partial charge on any atom is -0.392 e. The van der Waals surface area contributed by atoms with Crippen LogP contribution in [0.2, 0.25) is 0 Å². The normalized spacial score (nSPS) is 24.1. The van der Waals surface area contributed by atoms with E-state index in [1.54, 1.807) is 0 Å². The van der Waals surface area contributed by atoms with Crippen LogP contribution in [0.4, 0.5) is 0 Å². The maximum Gasteiger partial charge on any atom is 0.0674 e. The van der Waals surface area contributed by atoms with Crippen LogP contribution >= 0.6 is 0 Å². The van der Waals surface area contributed by atoms with Crippen LogP contribution in [0, 0.1) is 10.8 Å². The fourth-order valence-electron chi connectivity index (χ4n) is 3.51. The first-order valence-corrected chi connectivity index (χ1v) is 7.83. The summed E-state index contributed by atoms with van der Waals surface area (Å²) in [6.45, 7) is 7.35. The van der Waals surface area contributed by atoms with Crippen LogP contribution < -0.4 is 5.73 Å². The van der Waals surface area contributed by atoms with Crippen LogP contribution in [0.3, 0.4) is 0 Å². The third-order valence-corrected chi connectivity index (χ3v) is 5.43. The first-order valence-electron chi connectivity index (χ1n) is 7.83. The molecule has 1 aromatic carbocycles. The number of nitrogens with two attached hydrogens (primary N) is 1. The van der Waals surface area contributed by atoms with Crippen LogP contribution in [0.15, 0.2) is 30.3 Å². The molecule has 1 aliphatic rings. The summed E-state index contributed by atoms with van der Waals surface area (Å²) in [6, 6.07) is 10.3. The average molecular weight is 275 g/mol. The highest BCUT2D eigenvalue weighted by Gasteiger charge is 2.44. The summed E-state index contributed by atoms with van der Waals surface area (Å²) >= 11 is 0. The van der Waals surface area contributed by atoms with Crippen molar-refractivity contribution in [3.05, 3.63) is 35.9 Å². The summed E-state index contributed by atoms with van der Waals surface area (Å²) in [6.07, 6.45) is 4.03. The standard InChI is InChI=1S/C18H29NO/c1-14(15-7-5-4-6-8-15)16(20)18(13-19)11-9-17(2,3)10-12-18/h4-8,14,16,20H,9-13,19H2,1-3H3.